The van der Waals surface area contributed by atoms with E-state index in [1.54, 1.807) is 6.92 Å². The minimum Gasteiger partial charge on any atom is -0.508 e. The molecule has 0 aliphatic rings. The van der Waals surface area contributed by atoms with Crippen molar-refractivity contribution in [2.45, 2.75) is 6.92 Å². The second kappa shape index (κ2) is 6.10. The van der Waals surface area contributed by atoms with E-state index in [0.717, 1.165) is 0 Å². The first-order chi connectivity index (χ1) is 8.04. The van der Waals surface area contributed by atoms with E-state index < -0.39 is 5.91 Å². The number of nitrogens with one attached hydrogen (secondary N) is 2. The van der Waals surface area contributed by atoms with Gasteiger partial charge in [-0.25, -0.2) is 0 Å². The van der Waals surface area contributed by atoms with Crippen LogP contribution in [0.15, 0.2) is 18.2 Å². The van der Waals surface area contributed by atoms with Crippen molar-refractivity contribution in [3.63, 3.8) is 0 Å². The largest absolute Gasteiger partial charge is 0.508 e. The highest BCUT2D eigenvalue weighted by atomic mass is 35.5. The van der Waals surface area contributed by atoms with Gasteiger partial charge >= 0.3 is 0 Å². The summed E-state index contributed by atoms with van der Waals surface area (Å²) in [6.45, 7) is 2.16. The number of hydrogen-bond acceptors (Lipinski definition) is 3. The minimum atomic E-state index is -0.503. The Bertz CT molecular complexity index is 435. The Morgan fingerprint density at radius 2 is 2.06 bits per heavy atom. The van der Waals surface area contributed by atoms with Crippen LogP contribution in [0, 0.1) is 0 Å². The van der Waals surface area contributed by atoms with Gasteiger partial charge in [0.15, 0.2) is 0 Å². The van der Waals surface area contributed by atoms with Gasteiger partial charge in [0.05, 0.1) is 17.1 Å². The third-order valence-electron chi connectivity index (χ3n) is 1.98. The van der Waals surface area contributed by atoms with Gasteiger partial charge in [0.25, 0.3) is 5.91 Å². The summed E-state index contributed by atoms with van der Waals surface area (Å²) >= 11 is 5.80. The molecule has 17 heavy (non-hydrogen) atoms. The van der Waals surface area contributed by atoms with Gasteiger partial charge in [-0.3, -0.25) is 9.59 Å². The van der Waals surface area contributed by atoms with Gasteiger partial charge in [0.2, 0.25) is 5.91 Å². The second-order valence-corrected chi connectivity index (χ2v) is 3.71. The monoisotopic (exact) mass is 256 g/mol. The fourth-order valence-electron chi connectivity index (χ4n) is 1.20. The lowest BCUT2D eigenvalue weighted by Crippen LogP contribution is -2.36. The molecule has 0 heterocycles. The third-order valence-corrected chi connectivity index (χ3v) is 2.31. The standard InChI is InChI=1S/C11H13ClN2O3/c1-2-13-10(16)6-14-11(17)8-5-7(15)3-4-9(8)12/h3-5,15H,2,6H2,1H3,(H,13,16)(H,14,17). The number of phenols is 1. The SMILES string of the molecule is CCNC(=O)CNC(=O)c1cc(O)ccc1Cl. The van der Waals surface area contributed by atoms with E-state index in [-0.39, 0.29) is 28.8 Å². The maximum absolute atomic E-state index is 11.6. The first kappa shape index (κ1) is 13.3. The number of amides is 2. The average molecular weight is 257 g/mol. The quantitative estimate of drug-likeness (QED) is 0.749. The molecule has 0 aliphatic heterocycles. The summed E-state index contributed by atoms with van der Waals surface area (Å²) in [7, 11) is 0. The van der Waals surface area contributed by atoms with Crippen molar-refractivity contribution in [3.05, 3.63) is 28.8 Å². The molecule has 0 fully saturated rings. The lowest BCUT2D eigenvalue weighted by molar-refractivity contribution is -0.120. The Hall–Kier alpha value is -1.75. The van der Waals surface area contributed by atoms with Gasteiger partial charge in [0, 0.05) is 6.54 Å². The predicted molar refractivity (Wildman–Crippen MR) is 64.1 cm³/mol. The van der Waals surface area contributed by atoms with Crippen molar-refractivity contribution in [3.8, 4) is 5.75 Å². The van der Waals surface area contributed by atoms with Crippen molar-refractivity contribution in [1.82, 2.24) is 10.6 Å². The van der Waals surface area contributed by atoms with E-state index in [1.165, 1.54) is 18.2 Å². The van der Waals surface area contributed by atoms with E-state index in [2.05, 4.69) is 10.6 Å². The van der Waals surface area contributed by atoms with Crippen molar-refractivity contribution >= 4 is 23.4 Å². The molecule has 0 aliphatic carbocycles. The molecular weight excluding hydrogens is 244 g/mol. The summed E-state index contributed by atoms with van der Waals surface area (Å²) in [5.74, 6) is -0.841. The second-order valence-electron chi connectivity index (χ2n) is 3.30. The Balaban J connectivity index is 2.64. The van der Waals surface area contributed by atoms with Crippen LogP contribution in [0.1, 0.15) is 17.3 Å². The van der Waals surface area contributed by atoms with E-state index in [4.69, 9.17) is 11.6 Å². The number of benzene rings is 1. The maximum Gasteiger partial charge on any atom is 0.253 e. The van der Waals surface area contributed by atoms with E-state index >= 15 is 0 Å². The van der Waals surface area contributed by atoms with Crippen LogP contribution in [-0.4, -0.2) is 30.0 Å². The molecule has 0 atom stereocenters. The summed E-state index contributed by atoms with van der Waals surface area (Å²) in [6.07, 6.45) is 0. The first-order valence-electron chi connectivity index (χ1n) is 5.08. The van der Waals surface area contributed by atoms with Crippen LogP contribution in [0.3, 0.4) is 0 Å². The fourth-order valence-corrected chi connectivity index (χ4v) is 1.41. The average Bonchev–Trinajstić information content (AvgIpc) is 2.29. The van der Waals surface area contributed by atoms with Crippen molar-refractivity contribution in [2.75, 3.05) is 13.1 Å². The lowest BCUT2D eigenvalue weighted by Gasteiger charge is -2.07. The zero-order valence-corrected chi connectivity index (χ0v) is 10.0. The molecule has 5 nitrogen and oxygen atoms in total. The van der Waals surface area contributed by atoms with Crippen LogP contribution in [0.2, 0.25) is 5.02 Å². The van der Waals surface area contributed by atoms with Crippen LogP contribution >= 0.6 is 11.6 Å². The summed E-state index contributed by atoms with van der Waals surface area (Å²) in [4.78, 5) is 22.8. The smallest absolute Gasteiger partial charge is 0.253 e. The molecule has 1 aromatic carbocycles. The predicted octanol–water partition coefficient (Wildman–Crippen LogP) is 0.911. The van der Waals surface area contributed by atoms with E-state index in [1.807, 2.05) is 0 Å². The van der Waals surface area contributed by atoms with E-state index in [0.29, 0.717) is 6.54 Å². The summed E-state index contributed by atoms with van der Waals surface area (Å²) < 4.78 is 0. The number of aromatic hydroxyl groups is 1. The zero-order valence-electron chi connectivity index (χ0n) is 9.29. The molecular formula is C11H13ClN2O3. The topological polar surface area (TPSA) is 78.4 Å². The molecule has 3 N–H and O–H groups in total. The molecule has 0 saturated heterocycles. The third kappa shape index (κ3) is 3.96. The number of likely N-dealkylation sites (N-methyl/N-ethyl adjacent to an activating group) is 1. The maximum atomic E-state index is 11.6. The molecule has 0 spiro atoms. The minimum absolute atomic E-state index is 0.0578. The van der Waals surface area contributed by atoms with Gasteiger partial charge in [0.1, 0.15) is 5.75 Å². The first-order valence-corrected chi connectivity index (χ1v) is 5.45. The molecule has 2 amide bonds. The number of halogens is 1. The van der Waals surface area contributed by atoms with Crippen LogP contribution in [0.4, 0.5) is 0 Å². The Labute approximate surface area is 104 Å². The number of phenolic OH excluding ortho intramolecular Hbond substituents is 1. The van der Waals surface area contributed by atoms with Gasteiger partial charge in [-0.2, -0.15) is 0 Å². The molecule has 0 saturated carbocycles. The number of rotatable bonds is 4. The summed E-state index contributed by atoms with van der Waals surface area (Å²) in [6, 6.07) is 4.04. The highest BCUT2D eigenvalue weighted by molar-refractivity contribution is 6.33. The molecule has 6 heteroatoms. The molecule has 0 bridgehead atoms. The molecule has 0 unspecified atom stereocenters. The Morgan fingerprint density at radius 3 is 2.71 bits per heavy atom. The van der Waals surface area contributed by atoms with Crippen molar-refractivity contribution in [1.29, 1.82) is 0 Å². The van der Waals surface area contributed by atoms with Gasteiger partial charge < -0.3 is 15.7 Å². The number of hydrogen-bond donors (Lipinski definition) is 3. The van der Waals surface area contributed by atoms with Gasteiger partial charge in [-0.15, -0.1) is 0 Å². The molecule has 1 rings (SSSR count). The Kier molecular flexibility index (Phi) is 4.78. The highest BCUT2D eigenvalue weighted by Gasteiger charge is 2.12. The van der Waals surface area contributed by atoms with Crippen LogP contribution < -0.4 is 10.6 Å². The lowest BCUT2D eigenvalue weighted by atomic mass is 10.2. The van der Waals surface area contributed by atoms with Gasteiger partial charge in [-0.05, 0) is 25.1 Å². The zero-order chi connectivity index (χ0) is 12.8. The van der Waals surface area contributed by atoms with Gasteiger partial charge in [-0.1, -0.05) is 11.6 Å². The van der Waals surface area contributed by atoms with Crippen LogP contribution in [0.5, 0.6) is 5.75 Å². The molecule has 0 radical (unpaired) electrons. The summed E-state index contributed by atoms with van der Waals surface area (Å²) in [5, 5.41) is 14.4. The van der Waals surface area contributed by atoms with Crippen molar-refractivity contribution in [2.24, 2.45) is 0 Å². The van der Waals surface area contributed by atoms with E-state index in [9.17, 15) is 14.7 Å². The number of carbonyl (C=O) groups excluding carboxylic acids is 2. The van der Waals surface area contributed by atoms with Crippen molar-refractivity contribution < 1.29 is 14.7 Å². The fraction of sp³-hybridized carbons (Fsp3) is 0.273. The molecule has 1 aromatic rings. The normalized spacial score (nSPS) is 9.76. The number of carbonyl (C=O) groups is 2. The Morgan fingerprint density at radius 1 is 1.35 bits per heavy atom. The molecule has 92 valence electrons. The molecule has 0 aromatic heterocycles. The summed E-state index contributed by atoms with van der Waals surface area (Å²) in [5.41, 5.74) is 0.135. The van der Waals surface area contributed by atoms with Crippen LogP contribution in [0.25, 0.3) is 0 Å². The highest BCUT2D eigenvalue weighted by Crippen LogP contribution is 2.20. The van der Waals surface area contributed by atoms with Crippen LogP contribution in [-0.2, 0) is 4.79 Å².